The van der Waals surface area contributed by atoms with Crippen LogP contribution >= 0.6 is 0 Å². The lowest BCUT2D eigenvalue weighted by Gasteiger charge is -2.47. The summed E-state index contributed by atoms with van der Waals surface area (Å²) in [7, 11) is 1.61. The van der Waals surface area contributed by atoms with Gasteiger partial charge in [-0.2, -0.15) is 0 Å². The molecule has 130 valence electrons. The number of anilines is 1. The maximum Gasteiger partial charge on any atom is 0.248 e. The van der Waals surface area contributed by atoms with E-state index in [-0.39, 0.29) is 18.1 Å². The van der Waals surface area contributed by atoms with Crippen LogP contribution < -0.4 is 9.64 Å². The highest BCUT2D eigenvalue weighted by atomic mass is 16.5. The molecule has 7 nitrogen and oxygen atoms in total. The maximum absolute atomic E-state index is 12.1. The molecule has 1 aliphatic carbocycles. The largest absolute Gasteiger partial charge is 0.481 e. The predicted molar refractivity (Wildman–Crippen MR) is 88.0 cm³/mol. The van der Waals surface area contributed by atoms with Crippen LogP contribution in [0, 0.1) is 5.92 Å². The highest BCUT2D eigenvalue weighted by Gasteiger charge is 2.43. The molecule has 24 heavy (non-hydrogen) atoms. The molecule has 1 saturated carbocycles. The first-order chi connectivity index (χ1) is 11.7. The standard InChI is InChI=1S/C17H24N4O3/c1-23-15-8-14(18-12-19-15)20-6-4-17(5-7-20)11-21(9-13-2-3-13)16(22)10-24-17/h8,12-13H,2-7,9-11H2,1H3. The van der Waals surface area contributed by atoms with Crippen molar-refractivity contribution in [2.45, 2.75) is 31.3 Å². The molecule has 0 bridgehead atoms. The Hall–Kier alpha value is -1.89. The highest BCUT2D eigenvalue weighted by molar-refractivity contribution is 5.78. The van der Waals surface area contributed by atoms with Crippen molar-refractivity contribution in [2.75, 3.05) is 44.8 Å². The fourth-order valence-corrected chi connectivity index (χ4v) is 3.63. The number of morpholine rings is 1. The van der Waals surface area contributed by atoms with Gasteiger partial charge in [0.1, 0.15) is 18.8 Å². The second-order valence-electron chi connectivity index (χ2n) is 7.09. The van der Waals surface area contributed by atoms with Crippen LogP contribution in [0.1, 0.15) is 25.7 Å². The fraction of sp³-hybridized carbons (Fsp3) is 0.706. The quantitative estimate of drug-likeness (QED) is 0.822. The Bertz CT molecular complexity index is 612. The lowest BCUT2D eigenvalue weighted by atomic mass is 9.89. The molecule has 1 aromatic heterocycles. The number of carbonyl (C=O) groups excluding carboxylic acids is 1. The number of methoxy groups -OCH3 is 1. The van der Waals surface area contributed by atoms with Crippen LogP contribution in [-0.4, -0.2) is 66.3 Å². The molecular formula is C17H24N4O3. The second-order valence-corrected chi connectivity index (χ2v) is 7.09. The monoisotopic (exact) mass is 332 g/mol. The predicted octanol–water partition coefficient (Wildman–Crippen LogP) is 1.09. The summed E-state index contributed by atoms with van der Waals surface area (Å²) in [5.41, 5.74) is -0.184. The Morgan fingerprint density at radius 3 is 2.83 bits per heavy atom. The fourth-order valence-electron chi connectivity index (χ4n) is 3.63. The Morgan fingerprint density at radius 1 is 1.33 bits per heavy atom. The Kier molecular flexibility index (Phi) is 4.04. The number of hydrogen-bond donors (Lipinski definition) is 0. The molecule has 3 fully saturated rings. The molecule has 0 radical (unpaired) electrons. The summed E-state index contributed by atoms with van der Waals surface area (Å²) in [6.07, 6.45) is 5.88. The number of nitrogens with zero attached hydrogens (tertiary/aromatic N) is 4. The summed E-state index contributed by atoms with van der Waals surface area (Å²) in [6.45, 7) is 3.62. The molecule has 1 aromatic rings. The molecule has 4 rings (SSSR count). The van der Waals surface area contributed by atoms with Crippen LogP contribution in [0.2, 0.25) is 0 Å². The molecular weight excluding hydrogens is 308 g/mol. The first-order valence-electron chi connectivity index (χ1n) is 8.70. The van der Waals surface area contributed by atoms with Crippen LogP contribution in [0.4, 0.5) is 5.82 Å². The lowest BCUT2D eigenvalue weighted by Crippen LogP contribution is -2.59. The number of carbonyl (C=O) groups is 1. The number of piperidine rings is 1. The number of amides is 1. The molecule has 0 N–H and O–H groups in total. The average Bonchev–Trinajstić information content (AvgIpc) is 3.43. The van der Waals surface area contributed by atoms with Crippen LogP contribution in [-0.2, 0) is 9.53 Å². The van der Waals surface area contributed by atoms with E-state index in [1.165, 1.54) is 19.2 Å². The van der Waals surface area contributed by atoms with Crippen LogP contribution in [0.15, 0.2) is 12.4 Å². The lowest BCUT2D eigenvalue weighted by molar-refractivity contribution is -0.167. The third-order valence-corrected chi connectivity index (χ3v) is 5.34. The maximum atomic E-state index is 12.1. The van der Waals surface area contributed by atoms with Crippen molar-refractivity contribution < 1.29 is 14.3 Å². The number of ether oxygens (including phenoxy) is 2. The average molecular weight is 332 g/mol. The van der Waals surface area contributed by atoms with Gasteiger partial charge in [0.05, 0.1) is 12.7 Å². The van der Waals surface area contributed by atoms with E-state index in [0.717, 1.165) is 50.8 Å². The van der Waals surface area contributed by atoms with E-state index in [9.17, 15) is 4.79 Å². The van der Waals surface area contributed by atoms with Crippen molar-refractivity contribution in [3.05, 3.63) is 12.4 Å². The van der Waals surface area contributed by atoms with Gasteiger partial charge >= 0.3 is 0 Å². The molecule has 0 unspecified atom stereocenters. The molecule has 0 aromatic carbocycles. The second kappa shape index (κ2) is 6.20. The normalized spacial score (nSPS) is 23.6. The first kappa shape index (κ1) is 15.6. The van der Waals surface area contributed by atoms with Crippen LogP contribution in [0.25, 0.3) is 0 Å². The Morgan fingerprint density at radius 2 is 2.12 bits per heavy atom. The molecule has 0 atom stereocenters. The van der Waals surface area contributed by atoms with E-state index in [1.54, 1.807) is 7.11 Å². The van der Waals surface area contributed by atoms with Crippen molar-refractivity contribution in [1.29, 1.82) is 0 Å². The molecule has 7 heteroatoms. The third kappa shape index (κ3) is 3.17. The Labute approximate surface area is 142 Å². The van der Waals surface area contributed by atoms with Gasteiger partial charge in [-0.15, -0.1) is 0 Å². The van der Waals surface area contributed by atoms with Gasteiger partial charge in [0.2, 0.25) is 11.8 Å². The minimum Gasteiger partial charge on any atom is -0.481 e. The molecule has 1 spiro atoms. The van der Waals surface area contributed by atoms with Crippen LogP contribution in [0.3, 0.4) is 0 Å². The third-order valence-electron chi connectivity index (χ3n) is 5.34. The van der Waals surface area contributed by atoms with Gasteiger partial charge in [0.25, 0.3) is 0 Å². The molecule has 2 aliphatic heterocycles. The Balaban J connectivity index is 1.40. The zero-order valence-corrected chi connectivity index (χ0v) is 14.1. The molecule has 1 amide bonds. The molecule has 3 aliphatic rings. The van der Waals surface area contributed by atoms with Crippen molar-refractivity contribution >= 4 is 11.7 Å². The SMILES string of the molecule is COc1cc(N2CCC3(CC2)CN(CC2CC2)C(=O)CO3)ncn1. The summed E-state index contributed by atoms with van der Waals surface area (Å²) in [5.74, 6) is 2.34. The topological polar surface area (TPSA) is 67.8 Å². The van der Waals surface area contributed by atoms with E-state index in [0.29, 0.717) is 5.88 Å². The van der Waals surface area contributed by atoms with Gasteiger partial charge in [-0.25, -0.2) is 9.97 Å². The number of rotatable bonds is 4. The molecule has 2 saturated heterocycles. The van der Waals surface area contributed by atoms with E-state index in [4.69, 9.17) is 9.47 Å². The van der Waals surface area contributed by atoms with Crippen molar-refractivity contribution in [2.24, 2.45) is 5.92 Å². The summed E-state index contributed by atoms with van der Waals surface area (Å²) < 4.78 is 11.2. The highest BCUT2D eigenvalue weighted by Crippen LogP contribution is 2.35. The van der Waals surface area contributed by atoms with Gasteiger partial charge in [0.15, 0.2) is 0 Å². The summed E-state index contributed by atoms with van der Waals surface area (Å²) in [4.78, 5) is 24.8. The van der Waals surface area contributed by atoms with Crippen LogP contribution in [0.5, 0.6) is 5.88 Å². The van der Waals surface area contributed by atoms with Gasteiger partial charge in [0, 0.05) is 32.2 Å². The van der Waals surface area contributed by atoms with Gasteiger partial charge in [-0.3, -0.25) is 4.79 Å². The molecule has 3 heterocycles. The summed E-state index contributed by atoms with van der Waals surface area (Å²) in [6, 6.07) is 1.86. The minimum absolute atomic E-state index is 0.149. The summed E-state index contributed by atoms with van der Waals surface area (Å²) >= 11 is 0. The van der Waals surface area contributed by atoms with Gasteiger partial charge < -0.3 is 19.3 Å². The van der Waals surface area contributed by atoms with Crippen molar-refractivity contribution in [3.63, 3.8) is 0 Å². The first-order valence-corrected chi connectivity index (χ1v) is 8.70. The minimum atomic E-state index is -0.184. The summed E-state index contributed by atoms with van der Waals surface area (Å²) in [5, 5.41) is 0. The number of aromatic nitrogens is 2. The van der Waals surface area contributed by atoms with Crippen molar-refractivity contribution in [1.82, 2.24) is 14.9 Å². The van der Waals surface area contributed by atoms with Gasteiger partial charge in [-0.05, 0) is 31.6 Å². The van der Waals surface area contributed by atoms with Gasteiger partial charge in [-0.1, -0.05) is 0 Å². The van der Waals surface area contributed by atoms with E-state index in [1.807, 2.05) is 11.0 Å². The van der Waals surface area contributed by atoms with E-state index in [2.05, 4.69) is 14.9 Å². The smallest absolute Gasteiger partial charge is 0.248 e. The van der Waals surface area contributed by atoms with Crippen molar-refractivity contribution in [3.8, 4) is 5.88 Å². The zero-order chi connectivity index (χ0) is 16.6. The van der Waals surface area contributed by atoms with E-state index >= 15 is 0 Å². The van der Waals surface area contributed by atoms with E-state index < -0.39 is 0 Å². The number of hydrogen-bond acceptors (Lipinski definition) is 6. The zero-order valence-electron chi connectivity index (χ0n) is 14.1.